The fraction of sp³-hybridized carbons (Fsp3) is 0.500. The van der Waals surface area contributed by atoms with Crippen molar-refractivity contribution in [1.29, 1.82) is 0 Å². The van der Waals surface area contributed by atoms with E-state index in [9.17, 15) is 23.1 Å². The zero-order valence-electron chi connectivity index (χ0n) is 11.4. The number of ether oxygens (including phenoxy) is 1. The third-order valence-electron chi connectivity index (χ3n) is 3.35. The molecule has 21 heavy (non-hydrogen) atoms. The van der Waals surface area contributed by atoms with Gasteiger partial charge in [-0.2, -0.15) is 13.2 Å². The second-order valence-electron chi connectivity index (χ2n) is 4.94. The molecule has 116 valence electrons. The van der Waals surface area contributed by atoms with Crippen LogP contribution in [0, 0.1) is 0 Å². The highest BCUT2D eigenvalue weighted by Gasteiger charge is 2.31. The van der Waals surface area contributed by atoms with Gasteiger partial charge in [0.05, 0.1) is 18.7 Å². The Morgan fingerprint density at radius 2 is 2.00 bits per heavy atom. The molecule has 1 aromatic rings. The predicted octanol–water partition coefficient (Wildman–Crippen LogP) is 1.99. The lowest BCUT2D eigenvalue weighted by Crippen LogP contribution is -2.45. The smallest absolute Gasteiger partial charge is 0.384 e. The number of rotatable bonds is 2. The highest BCUT2D eigenvalue weighted by atomic mass is 19.4. The molecule has 0 bridgehead atoms. The minimum absolute atomic E-state index is 0.217. The summed E-state index contributed by atoms with van der Waals surface area (Å²) < 4.78 is 43.0. The van der Waals surface area contributed by atoms with E-state index in [0.717, 1.165) is 12.1 Å². The number of morpholine rings is 1. The predicted molar refractivity (Wildman–Crippen MR) is 68.4 cm³/mol. The van der Waals surface area contributed by atoms with E-state index in [-0.39, 0.29) is 13.2 Å². The third-order valence-corrected chi connectivity index (χ3v) is 3.35. The lowest BCUT2D eigenvalue weighted by atomic mass is 10.0. The summed E-state index contributed by atoms with van der Waals surface area (Å²) in [4.78, 5) is 13.2. The Bertz CT molecular complexity index is 499. The first-order valence-corrected chi connectivity index (χ1v) is 6.54. The van der Waals surface area contributed by atoms with Crippen LogP contribution in [0.1, 0.15) is 24.2 Å². The molecule has 2 unspecified atom stereocenters. The van der Waals surface area contributed by atoms with Crippen molar-refractivity contribution in [2.75, 3.05) is 19.7 Å². The van der Waals surface area contributed by atoms with Gasteiger partial charge >= 0.3 is 6.18 Å². The number of halogens is 3. The highest BCUT2D eigenvalue weighted by molar-refractivity contribution is 5.80. The van der Waals surface area contributed by atoms with Crippen molar-refractivity contribution in [3.8, 4) is 0 Å². The first-order chi connectivity index (χ1) is 9.79. The van der Waals surface area contributed by atoms with Crippen molar-refractivity contribution in [3.05, 3.63) is 35.4 Å². The number of hydrogen-bond donors (Lipinski definition) is 1. The summed E-state index contributed by atoms with van der Waals surface area (Å²) in [5.74, 6) is -0.407. The van der Waals surface area contributed by atoms with Crippen LogP contribution in [0.3, 0.4) is 0 Å². The van der Waals surface area contributed by atoms with Gasteiger partial charge in [-0.1, -0.05) is 12.1 Å². The standard InChI is InChI=1S/C14H16F3NO3/c1-9(19)13(20)18-6-7-21-12(8-18)10-2-4-11(5-3-10)14(15,16)17/h2-5,9,12,19H,6-8H2,1H3. The zero-order valence-corrected chi connectivity index (χ0v) is 11.4. The van der Waals surface area contributed by atoms with Crippen LogP contribution >= 0.6 is 0 Å². The van der Waals surface area contributed by atoms with Crippen molar-refractivity contribution in [1.82, 2.24) is 4.90 Å². The molecular formula is C14H16F3NO3. The van der Waals surface area contributed by atoms with Crippen LogP contribution < -0.4 is 0 Å². The summed E-state index contributed by atoms with van der Waals surface area (Å²) in [5, 5.41) is 9.30. The van der Waals surface area contributed by atoms with Crippen LogP contribution in [0.25, 0.3) is 0 Å². The quantitative estimate of drug-likeness (QED) is 0.909. The molecule has 1 saturated heterocycles. The Morgan fingerprint density at radius 1 is 1.38 bits per heavy atom. The molecule has 4 nitrogen and oxygen atoms in total. The number of benzene rings is 1. The number of aliphatic hydroxyl groups is 1. The highest BCUT2D eigenvalue weighted by Crippen LogP contribution is 2.31. The van der Waals surface area contributed by atoms with E-state index in [1.165, 1.54) is 24.0 Å². The Morgan fingerprint density at radius 3 is 2.52 bits per heavy atom. The molecule has 1 fully saturated rings. The van der Waals surface area contributed by atoms with Gasteiger partial charge < -0.3 is 14.7 Å². The SMILES string of the molecule is CC(O)C(=O)N1CCOC(c2ccc(C(F)(F)F)cc2)C1. The maximum atomic E-state index is 12.5. The van der Waals surface area contributed by atoms with E-state index in [2.05, 4.69) is 0 Å². The zero-order chi connectivity index (χ0) is 15.6. The lowest BCUT2D eigenvalue weighted by molar-refractivity contribution is -0.147. The molecule has 0 aliphatic carbocycles. The summed E-state index contributed by atoms with van der Waals surface area (Å²) in [5.41, 5.74) is -0.148. The number of alkyl halides is 3. The van der Waals surface area contributed by atoms with Crippen LogP contribution in [0.5, 0.6) is 0 Å². The second-order valence-corrected chi connectivity index (χ2v) is 4.94. The molecule has 0 saturated carbocycles. The minimum Gasteiger partial charge on any atom is -0.384 e. The summed E-state index contributed by atoms with van der Waals surface area (Å²) >= 11 is 0. The molecule has 1 amide bonds. The number of carbonyl (C=O) groups is 1. The van der Waals surface area contributed by atoms with Gasteiger partial charge in [-0.25, -0.2) is 0 Å². The molecule has 2 rings (SSSR count). The molecular weight excluding hydrogens is 287 g/mol. The van der Waals surface area contributed by atoms with Crippen molar-refractivity contribution in [2.24, 2.45) is 0 Å². The van der Waals surface area contributed by atoms with E-state index in [1.54, 1.807) is 0 Å². The third kappa shape index (κ3) is 3.74. The lowest BCUT2D eigenvalue weighted by Gasteiger charge is -2.34. The van der Waals surface area contributed by atoms with E-state index < -0.39 is 29.9 Å². The summed E-state index contributed by atoms with van der Waals surface area (Å²) in [6.07, 6.45) is -5.96. The van der Waals surface area contributed by atoms with Crippen LogP contribution in [-0.4, -0.2) is 41.7 Å². The van der Waals surface area contributed by atoms with Gasteiger partial charge in [0.2, 0.25) is 0 Å². The molecule has 7 heteroatoms. The first-order valence-electron chi connectivity index (χ1n) is 6.54. The summed E-state index contributed by atoms with van der Waals surface area (Å²) in [6.45, 7) is 2.24. The summed E-state index contributed by atoms with van der Waals surface area (Å²) in [6, 6.07) is 4.69. The molecule has 1 aliphatic rings. The minimum atomic E-state index is -4.37. The molecule has 0 aromatic heterocycles. The van der Waals surface area contributed by atoms with Gasteiger partial charge in [0, 0.05) is 6.54 Å². The van der Waals surface area contributed by atoms with Gasteiger partial charge in [0.1, 0.15) is 12.2 Å². The topological polar surface area (TPSA) is 49.8 Å². The second kappa shape index (κ2) is 6.03. The molecule has 0 spiro atoms. The number of amides is 1. The van der Waals surface area contributed by atoms with Crippen molar-refractivity contribution >= 4 is 5.91 Å². The molecule has 1 aliphatic heterocycles. The summed E-state index contributed by atoms with van der Waals surface area (Å²) in [7, 11) is 0. The van der Waals surface area contributed by atoms with Gasteiger partial charge in [-0.05, 0) is 24.6 Å². The molecule has 0 radical (unpaired) electrons. The van der Waals surface area contributed by atoms with Gasteiger partial charge in [0.25, 0.3) is 5.91 Å². The van der Waals surface area contributed by atoms with Gasteiger partial charge in [-0.3, -0.25) is 4.79 Å². The van der Waals surface area contributed by atoms with E-state index in [1.807, 2.05) is 0 Å². The fourth-order valence-corrected chi connectivity index (χ4v) is 2.20. The molecule has 1 N–H and O–H groups in total. The molecule has 1 aromatic carbocycles. The maximum absolute atomic E-state index is 12.5. The Labute approximate surface area is 120 Å². The van der Waals surface area contributed by atoms with E-state index in [0.29, 0.717) is 12.1 Å². The number of hydrogen-bond acceptors (Lipinski definition) is 3. The number of nitrogens with zero attached hydrogens (tertiary/aromatic N) is 1. The fourth-order valence-electron chi connectivity index (χ4n) is 2.20. The van der Waals surface area contributed by atoms with E-state index >= 15 is 0 Å². The van der Waals surface area contributed by atoms with Crippen LogP contribution in [-0.2, 0) is 15.7 Å². The van der Waals surface area contributed by atoms with Crippen molar-refractivity contribution < 1.29 is 27.8 Å². The molecule has 1 heterocycles. The van der Waals surface area contributed by atoms with Crippen LogP contribution in [0.2, 0.25) is 0 Å². The Kier molecular flexibility index (Phi) is 4.53. The average Bonchev–Trinajstić information content (AvgIpc) is 2.46. The first kappa shape index (κ1) is 15.8. The largest absolute Gasteiger partial charge is 0.416 e. The van der Waals surface area contributed by atoms with E-state index in [4.69, 9.17) is 4.74 Å². The Balaban J connectivity index is 2.09. The normalized spacial score (nSPS) is 21.2. The average molecular weight is 303 g/mol. The number of aliphatic hydroxyl groups excluding tert-OH is 1. The van der Waals surface area contributed by atoms with Gasteiger partial charge in [0.15, 0.2) is 0 Å². The number of carbonyl (C=O) groups excluding carboxylic acids is 1. The van der Waals surface area contributed by atoms with Gasteiger partial charge in [-0.15, -0.1) is 0 Å². The Hall–Kier alpha value is -1.60. The van der Waals surface area contributed by atoms with Crippen LogP contribution in [0.15, 0.2) is 24.3 Å². The van der Waals surface area contributed by atoms with Crippen molar-refractivity contribution in [3.63, 3.8) is 0 Å². The molecule has 2 atom stereocenters. The van der Waals surface area contributed by atoms with Crippen molar-refractivity contribution in [2.45, 2.75) is 25.3 Å². The maximum Gasteiger partial charge on any atom is 0.416 e. The van der Waals surface area contributed by atoms with Crippen LogP contribution in [0.4, 0.5) is 13.2 Å². The monoisotopic (exact) mass is 303 g/mol.